The van der Waals surface area contributed by atoms with E-state index in [1.807, 2.05) is 14.0 Å². The van der Waals surface area contributed by atoms with E-state index in [1.165, 1.54) is 32.1 Å². The molecule has 1 N–H and O–H groups in total. The van der Waals surface area contributed by atoms with Gasteiger partial charge >= 0.3 is 0 Å². The predicted molar refractivity (Wildman–Crippen MR) is 111 cm³/mol. The van der Waals surface area contributed by atoms with Gasteiger partial charge in [-0.3, -0.25) is 4.79 Å². The molecule has 0 heterocycles. The van der Waals surface area contributed by atoms with E-state index in [-0.39, 0.29) is 16.7 Å². The number of ether oxygens (including phenoxy) is 1. The third-order valence-corrected chi connectivity index (χ3v) is 10.1. The number of fused-ring (bicyclic) bond motifs is 5. The summed E-state index contributed by atoms with van der Waals surface area (Å²) in [6.45, 7) is 5.30. The molecular weight excluding hydrogens is 404 g/mol. The Balaban J connectivity index is 1.63. The molecule has 0 aromatic rings. The Kier molecular flexibility index (Phi) is 5.34. The summed E-state index contributed by atoms with van der Waals surface area (Å²) in [6, 6.07) is 0. The van der Waals surface area contributed by atoms with Gasteiger partial charge in [0.05, 0.1) is 17.5 Å². The van der Waals surface area contributed by atoms with Crippen molar-refractivity contribution in [3.8, 4) is 0 Å². The summed E-state index contributed by atoms with van der Waals surface area (Å²) in [5.41, 5.74) is -0.0509. The fraction of sp³-hybridized carbons (Fsp3) is 0.957. The zero-order chi connectivity index (χ0) is 19.4. The number of halogens is 1. The molecule has 0 aromatic heterocycles. The molecule has 8 atom stereocenters. The molecule has 27 heavy (non-hydrogen) atoms. The van der Waals surface area contributed by atoms with Crippen LogP contribution in [-0.4, -0.2) is 35.5 Å². The lowest BCUT2D eigenvalue weighted by atomic mass is 9.43. The topological polar surface area (TPSA) is 46.5 Å². The first-order valence-corrected chi connectivity index (χ1v) is 12.2. The number of carbonyl (C=O) groups is 1. The van der Waals surface area contributed by atoms with Crippen LogP contribution in [-0.2, 0) is 9.53 Å². The van der Waals surface area contributed by atoms with Crippen LogP contribution >= 0.6 is 15.9 Å². The van der Waals surface area contributed by atoms with Gasteiger partial charge in [-0.25, -0.2) is 0 Å². The van der Waals surface area contributed by atoms with E-state index >= 15 is 0 Å². The van der Waals surface area contributed by atoms with Crippen molar-refractivity contribution < 1.29 is 14.6 Å². The molecule has 4 heteroatoms. The van der Waals surface area contributed by atoms with E-state index in [9.17, 15) is 9.90 Å². The SMILES string of the molecule is COC[C@]12CC[C@@](C)(O)CC1CCC1[C@@H]2CC[C@]2(C)[C@@H](C(=O)CBr)CC[C@@H]12. The molecule has 4 aliphatic rings. The third-order valence-electron chi connectivity index (χ3n) is 9.59. The number of Topliss-reactive ketones (excluding diaryl/α,β-unsaturated/α-hetero) is 1. The largest absolute Gasteiger partial charge is 0.390 e. The van der Waals surface area contributed by atoms with E-state index < -0.39 is 5.60 Å². The second kappa shape index (κ2) is 7.09. The molecular formula is C23H37BrO3. The van der Waals surface area contributed by atoms with Crippen molar-refractivity contribution >= 4 is 21.7 Å². The normalized spacial score (nSPS) is 52.0. The lowest BCUT2D eigenvalue weighted by Gasteiger charge is -2.62. The Labute approximate surface area is 173 Å². The van der Waals surface area contributed by atoms with Gasteiger partial charge in [-0.05, 0) is 99.2 Å². The van der Waals surface area contributed by atoms with Crippen molar-refractivity contribution in [2.75, 3.05) is 19.0 Å². The lowest BCUT2D eigenvalue weighted by Crippen LogP contribution is -2.58. The fourth-order valence-electron chi connectivity index (χ4n) is 8.41. The Morgan fingerprint density at radius 3 is 2.56 bits per heavy atom. The highest BCUT2D eigenvalue weighted by atomic mass is 79.9. The van der Waals surface area contributed by atoms with Gasteiger partial charge in [0.2, 0.25) is 0 Å². The number of aliphatic hydroxyl groups is 1. The molecule has 0 aliphatic heterocycles. The van der Waals surface area contributed by atoms with Crippen molar-refractivity contribution in [2.45, 2.75) is 77.2 Å². The average Bonchev–Trinajstić information content (AvgIpc) is 2.98. The summed E-state index contributed by atoms with van der Waals surface area (Å²) < 4.78 is 5.83. The summed E-state index contributed by atoms with van der Waals surface area (Å²) >= 11 is 3.43. The van der Waals surface area contributed by atoms with Crippen molar-refractivity contribution in [1.82, 2.24) is 0 Å². The highest BCUT2D eigenvalue weighted by Crippen LogP contribution is 2.68. The van der Waals surface area contributed by atoms with Gasteiger partial charge < -0.3 is 9.84 Å². The van der Waals surface area contributed by atoms with Crippen molar-refractivity contribution in [1.29, 1.82) is 0 Å². The van der Waals surface area contributed by atoms with E-state index in [4.69, 9.17) is 4.74 Å². The first-order chi connectivity index (χ1) is 12.8. The quantitative estimate of drug-likeness (QED) is 0.626. The minimum Gasteiger partial charge on any atom is -0.390 e. The van der Waals surface area contributed by atoms with Crippen LogP contribution in [0.2, 0.25) is 0 Å². The maximum atomic E-state index is 12.6. The van der Waals surface area contributed by atoms with Crippen molar-refractivity contribution in [3.05, 3.63) is 0 Å². The van der Waals surface area contributed by atoms with E-state index in [2.05, 4.69) is 22.9 Å². The van der Waals surface area contributed by atoms with Crippen LogP contribution in [0.1, 0.15) is 71.6 Å². The summed E-state index contributed by atoms with van der Waals surface area (Å²) in [5, 5.41) is 11.2. The minimum atomic E-state index is -0.501. The van der Waals surface area contributed by atoms with Crippen molar-refractivity contribution in [2.24, 2.45) is 40.4 Å². The van der Waals surface area contributed by atoms with Gasteiger partial charge in [0.15, 0.2) is 0 Å². The van der Waals surface area contributed by atoms with E-state index in [0.29, 0.717) is 28.9 Å². The number of ketones is 1. The van der Waals surface area contributed by atoms with Gasteiger partial charge in [-0.1, -0.05) is 22.9 Å². The zero-order valence-electron chi connectivity index (χ0n) is 17.3. The van der Waals surface area contributed by atoms with Crippen LogP contribution in [0.25, 0.3) is 0 Å². The molecule has 0 bridgehead atoms. The Bertz CT molecular complexity index is 590. The number of rotatable bonds is 4. The monoisotopic (exact) mass is 440 g/mol. The van der Waals surface area contributed by atoms with Gasteiger partial charge in [0.1, 0.15) is 5.78 Å². The standard InChI is InChI=1S/C23H37BrO3/c1-21(26)10-11-23(14-27-3)15(12-21)4-5-16-17-6-7-19(20(25)13-24)22(17,2)9-8-18(16)23/h15-19,26H,4-14H2,1-3H3/t15?,16?,17-,18-,19+,21+,22-,23+/m0/s1. The number of methoxy groups -OCH3 is 1. The van der Waals surface area contributed by atoms with Crippen LogP contribution in [0.3, 0.4) is 0 Å². The highest BCUT2D eigenvalue weighted by molar-refractivity contribution is 9.09. The molecule has 4 rings (SSSR count). The summed E-state index contributed by atoms with van der Waals surface area (Å²) in [4.78, 5) is 12.6. The Morgan fingerprint density at radius 2 is 1.85 bits per heavy atom. The number of alkyl halides is 1. The summed E-state index contributed by atoms with van der Waals surface area (Å²) in [6.07, 6.45) is 10.2. The van der Waals surface area contributed by atoms with Crippen molar-refractivity contribution in [3.63, 3.8) is 0 Å². The number of hydrogen-bond acceptors (Lipinski definition) is 3. The molecule has 0 saturated heterocycles. The number of hydrogen-bond donors (Lipinski definition) is 1. The van der Waals surface area contributed by atoms with E-state index in [0.717, 1.165) is 38.2 Å². The molecule has 0 amide bonds. The van der Waals surface area contributed by atoms with Gasteiger partial charge in [-0.2, -0.15) is 0 Å². The summed E-state index contributed by atoms with van der Waals surface area (Å²) in [5.74, 6) is 3.42. The molecule has 4 aliphatic carbocycles. The molecule has 4 saturated carbocycles. The smallest absolute Gasteiger partial charge is 0.147 e. The Hall–Kier alpha value is 0.0700. The van der Waals surface area contributed by atoms with Crippen LogP contribution in [0.15, 0.2) is 0 Å². The van der Waals surface area contributed by atoms with Gasteiger partial charge in [0, 0.05) is 13.0 Å². The maximum Gasteiger partial charge on any atom is 0.147 e. The van der Waals surface area contributed by atoms with Crippen LogP contribution in [0.4, 0.5) is 0 Å². The highest BCUT2D eigenvalue weighted by Gasteiger charge is 2.62. The summed E-state index contributed by atoms with van der Waals surface area (Å²) in [7, 11) is 1.86. The molecule has 4 fully saturated rings. The van der Waals surface area contributed by atoms with Crippen LogP contribution in [0.5, 0.6) is 0 Å². The second-order valence-corrected chi connectivity index (χ2v) is 11.4. The lowest BCUT2D eigenvalue weighted by molar-refractivity contribution is -0.175. The fourth-order valence-corrected chi connectivity index (χ4v) is 8.80. The molecule has 0 radical (unpaired) electrons. The third kappa shape index (κ3) is 3.08. The molecule has 154 valence electrons. The average molecular weight is 441 g/mol. The molecule has 0 spiro atoms. The molecule has 0 aromatic carbocycles. The van der Waals surface area contributed by atoms with Gasteiger partial charge in [-0.15, -0.1) is 0 Å². The van der Waals surface area contributed by atoms with Gasteiger partial charge in [0.25, 0.3) is 0 Å². The van der Waals surface area contributed by atoms with Crippen LogP contribution in [0, 0.1) is 40.4 Å². The first kappa shape index (κ1) is 20.3. The molecule has 2 unspecified atom stereocenters. The molecule has 3 nitrogen and oxygen atoms in total. The maximum absolute atomic E-state index is 12.6. The second-order valence-electron chi connectivity index (χ2n) is 10.8. The van der Waals surface area contributed by atoms with E-state index in [1.54, 1.807) is 0 Å². The minimum absolute atomic E-state index is 0.202. The van der Waals surface area contributed by atoms with Crippen LogP contribution < -0.4 is 0 Å². The Morgan fingerprint density at radius 1 is 1.07 bits per heavy atom. The predicted octanol–water partition coefficient (Wildman–Crippen LogP) is 4.99. The first-order valence-electron chi connectivity index (χ1n) is 11.1. The zero-order valence-corrected chi connectivity index (χ0v) is 18.9. The number of carbonyl (C=O) groups excluding carboxylic acids is 1.